The maximum atomic E-state index is 12.3. The third kappa shape index (κ3) is 5.13. The number of amides is 2. The maximum Gasteiger partial charge on any atom is 0.244 e. The van der Waals surface area contributed by atoms with E-state index in [4.69, 9.17) is 21.1 Å². The van der Waals surface area contributed by atoms with Crippen molar-refractivity contribution in [2.45, 2.75) is 13.5 Å². The minimum Gasteiger partial charge on any atom is -0.493 e. The number of benzene rings is 2. The second-order valence-electron chi connectivity index (χ2n) is 5.59. The number of nitrogens with one attached hydrogen (secondary N) is 1. The van der Waals surface area contributed by atoms with Gasteiger partial charge >= 0.3 is 0 Å². The number of rotatable bonds is 7. The van der Waals surface area contributed by atoms with Gasteiger partial charge in [-0.05, 0) is 29.8 Å². The molecule has 0 fully saturated rings. The van der Waals surface area contributed by atoms with Gasteiger partial charge in [0.15, 0.2) is 11.5 Å². The number of hydrogen-bond donors (Lipinski definition) is 1. The molecule has 0 aliphatic carbocycles. The van der Waals surface area contributed by atoms with E-state index in [0.717, 1.165) is 5.56 Å². The Labute approximate surface area is 157 Å². The molecular formula is C19H21ClN2O4. The molecule has 2 rings (SSSR count). The number of para-hydroxylation sites is 1. The molecule has 0 aromatic heterocycles. The summed E-state index contributed by atoms with van der Waals surface area (Å²) < 4.78 is 10.5. The Morgan fingerprint density at radius 2 is 1.77 bits per heavy atom. The number of nitrogens with zero attached hydrogens (tertiary/aromatic N) is 1. The Kier molecular flexibility index (Phi) is 6.86. The van der Waals surface area contributed by atoms with Crippen molar-refractivity contribution in [1.29, 1.82) is 0 Å². The second-order valence-corrected chi connectivity index (χ2v) is 6.00. The largest absolute Gasteiger partial charge is 0.493 e. The van der Waals surface area contributed by atoms with Crippen LogP contribution in [0.3, 0.4) is 0 Å². The topological polar surface area (TPSA) is 67.9 Å². The number of carbonyl (C=O) groups is 2. The molecule has 0 saturated heterocycles. The van der Waals surface area contributed by atoms with Crippen molar-refractivity contribution in [3.63, 3.8) is 0 Å². The Morgan fingerprint density at radius 3 is 2.38 bits per heavy atom. The van der Waals surface area contributed by atoms with Gasteiger partial charge in [0.05, 0.1) is 24.9 Å². The first-order chi connectivity index (χ1) is 12.4. The van der Waals surface area contributed by atoms with E-state index in [1.54, 1.807) is 50.6 Å². The molecule has 1 N–H and O–H groups in total. The SMILES string of the molecule is COc1ccc(CN(CC(=O)Nc2ccccc2Cl)C(C)=O)cc1OC. The van der Waals surface area contributed by atoms with Crippen LogP contribution in [0.4, 0.5) is 5.69 Å². The maximum absolute atomic E-state index is 12.3. The van der Waals surface area contributed by atoms with Gasteiger partial charge in [-0.3, -0.25) is 9.59 Å². The molecule has 26 heavy (non-hydrogen) atoms. The number of methoxy groups -OCH3 is 2. The first-order valence-corrected chi connectivity index (χ1v) is 8.33. The van der Waals surface area contributed by atoms with E-state index in [1.807, 2.05) is 6.07 Å². The van der Waals surface area contributed by atoms with E-state index in [2.05, 4.69) is 5.32 Å². The highest BCUT2D eigenvalue weighted by Gasteiger charge is 2.16. The fraction of sp³-hybridized carbons (Fsp3) is 0.263. The molecule has 0 spiro atoms. The molecule has 7 heteroatoms. The number of carbonyl (C=O) groups excluding carboxylic acids is 2. The molecule has 0 bridgehead atoms. The predicted octanol–water partition coefficient (Wildman–Crippen LogP) is 3.34. The van der Waals surface area contributed by atoms with Crippen molar-refractivity contribution in [3.05, 3.63) is 53.1 Å². The van der Waals surface area contributed by atoms with Gasteiger partial charge in [0.25, 0.3) is 0 Å². The summed E-state index contributed by atoms with van der Waals surface area (Å²) in [6, 6.07) is 12.3. The molecule has 0 aliphatic rings. The minimum absolute atomic E-state index is 0.0884. The number of halogens is 1. The van der Waals surface area contributed by atoms with Crippen molar-refractivity contribution in [1.82, 2.24) is 4.90 Å². The summed E-state index contributed by atoms with van der Waals surface area (Å²) in [5.74, 6) is 0.624. The molecular weight excluding hydrogens is 356 g/mol. The van der Waals surface area contributed by atoms with Crippen LogP contribution in [-0.2, 0) is 16.1 Å². The number of ether oxygens (including phenoxy) is 2. The predicted molar refractivity (Wildman–Crippen MR) is 101 cm³/mol. The van der Waals surface area contributed by atoms with Gasteiger partial charge in [0, 0.05) is 13.5 Å². The Hall–Kier alpha value is -2.73. The standard InChI is InChI=1S/C19H21ClN2O4/c1-13(23)22(11-14-8-9-17(25-2)18(10-14)26-3)12-19(24)21-16-7-5-4-6-15(16)20/h4-10H,11-12H2,1-3H3,(H,21,24). The molecule has 138 valence electrons. The highest BCUT2D eigenvalue weighted by Crippen LogP contribution is 2.28. The van der Waals surface area contributed by atoms with E-state index in [9.17, 15) is 9.59 Å². The molecule has 2 aromatic rings. The monoisotopic (exact) mass is 376 g/mol. The summed E-state index contributed by atoms with van der Waals surface area (Å²) in [5, 5.41) is 3.15. The molecule has 0 unspecified atom stereocenters. The van der Waals surface area contributed by atoms with E-state index < -0.39 is 0 Å². The van der Waals surface area contributed by atoms with Gasteiger partial charge in [0.1, 0.15) is 6.54 Å². The molecule has 0 atom stereocenters. The minimum atomic E-state index is -0.325. The molecule has 0 heterocycles. The number of hydrogen-bond acceptors (Lipinski definition) is 4. The lowest BCUT2D eigenvalue weighted by Gasteiger charge is -2.21. The van der Waals surface area contributed by atoms with Gasteiger partial charge in [-0.2, -0.15) is 0 Å². The lowest BCUT2D eigenvalue weighted by molar-refractivity contribution is -0.133. The van der Waals surface area contributed by atoms with Gasteiger partial charge in [-0.25, -0.2) is 0 Å². The van der Waals surface area contributed by atoms with E-state index >= 15 is 0 Å². The van der Waals surface area contributed by atoms with Gasteiger partial charge in [-0.15, -0.1) is 0 Å². The Bertz CT molecular complexity index is 795. The molecule has 0 saturated carbocycles. The highest BCUT2D eigenvalue weighted by atomic mass is 35.5. The Morgan fingerprint density at radius 1 is 1.08 bits per heavy atom. The molecule has 2 aromatic carbocycles. The fourth-order valence-corrected chi connectivity index (χ4v) is 2.59. The lowest BCUT2D eigenvalue weighted by atomic mass is 10.2. The molecule has 0 radical (unpaired) electrons. The second kappa shape index (κ2) is 9.10. The zero-order chi connectivity index (χ0) is 19.1. The average Bonchev–Trinajstić information content (AvgIpc) is 2.62. The average molecular weight is 377 g/mol. The van der Waals surface area contributed by atoms with Crippen molar-refractivity contribution in [3.8, 4) is 11.5 Å². The van der Waals surface area contributed by atoms with E-state index in [1.165, 1.54) is 11.8 Å². The van der Waals surface area contributed by atoms with Crippen LogP contribution in [0.15, 0.2) is 42.5 Å². The third-order valence-electron chi connectivity index (χ3n) is 3.75. The smallest absolute Gasteiger partial charge is 0.244 e. The molecule has 0 aliphatic heterocycles. The first kappa shape index (κ1) is 19.6. The van der Waals surface area contributed by atoms with Gasteiger partial charge in [-0.1, -0.05) is 29.8 Å². The number of anilines is 1. The van der Waals surface area contributed by atoms with E-state index in [0.29, 0.717) is 22.2 Å². The van der Waals surface area contributed by atoms with Gasteiger partial charge in [0.2, 0.25) is 11.8 Å². The van der Waals surface area contributed by atoms with Crippen LogP contribution in [0.1, 0.15) is 12.5 Å². The zero-order valence-electron chi connectivity index (χ0n) is 14.9. The highest BCUT2D eigenvalue weighted by molar-refractivity contribution is 6.33. The first-order valence-electron chi connectivity index (χ1n) is 7.95. The summed E-state index contributed by atoms with van der Waals surface area (Å²) in [7, 11) is 3.10. The van der Waals surface area contributed by atoms with Crippen molar-refractivity contribution < 1.29 is 19.1 Å². The summed E-state index contributed by atoms with van der Waals surface area (Å²) in [5.41, 5.74) is 1.33. The zero-order valence-corrected chi connectivity index (χ0v) is 15.7. The summed E-state index contributed by atoms with van der Waals surface area (Å²) in [6.07, 6.45) is 0. The third-order valence-corrected chi connectivity index (χ3v) is 4.08. The quantitative estimate of drug-likeness (QED) is 0.804. The molecule has 6 nitrogen and oxygen atoms in total. The summed E-state index contributed by atoms with van der Waals surface area (Å²) >= 11 is 6.04. The summed E-state index contributed by atoms with van der Waals surface area (Å²) in [4.78, 5) is 25.7. The van der Waals surface area contributed by atoms with Gasteiger partial charge < -0.3 is 19.7 Å². The summed E-state index contributed by atoms with van der Waals surface area (Å²) in [6.45, 7) is 1.60. The van der Waals surface area contributed by atoms with Crippen molar-refractivity contribution in [2.75, 3.05) is 26.1 Å². The van der Waals surface area contributed by atoms with Crippen LogP contribution in [-0.4, -0.2) is 37.5 Å². The Balaban J connectivity index is 2.08. The van der Waals surface area contributed by atoms with Crippen LogP contribution < -0.4 is 14.8 Å². The fourth-order valence-electron chi connectivity index (χ4n) is 2.40. The van der Waals surface area contributed by atoms with Crippen molar-refractivity contribution >= 4 is 29.1 Å². The van der Waals surface area contributed by atoms with Crippen LogP contribution in [0, 0.1) is 0 Å². The molecule has 2 amide bonds. The van der Waals surface area contributed by atoms with Crippen LogP contribution >= 0.6 is 11.6 Å². The normalized spacial score (nSPS) is 10.2. The van der Waals surface area contributed by atoms with E-state index in [-0.39, 0.29) is 24.9 Å². The van der Waals surface area contributed by atoms with Crippen LogP contribution in [0.25, 0.3) is 0 Å². The van der Waals surface area contributed by atoms with Crippen LogP contribution in [0.5, 0.6) is 11.5 Å². The van der Waals surface area contributed by atoms with Crippen molar-refractivity contribution in [2.24, 2.45) is 0 Å². The lowest BCUT2D eigenvalue weighted by Crippen LogP contribution is -2.36. The van der Waals surface area contributed by atoms with Crippen LogP contribution in [0.2, 0.25) is 5.02 Å².